The minimum Gasteiger partial charge on any atom is -0.395 e. The van der Waals surface area contributed by atoms with E-state index in [4.69, 9.17) is 10.8 Å². The summed E-state index contributed by atoms with van der Waals surface area (Å²) in [5, 5.41) is 8.59. The molecule has 0 aliphatic heterocycles. The average molecular weight is 205 g/mol. The average Bonchev–Trinajstić information content (AvgIpc) is 2.13. The Morgan fingerprint density at radius 3 is 2.50 bits per heavy atom. The van der Waals surface area contributed by atoms with E-state index in [0.29, 0.717) is 6.07 Å². The first kappa shape index (κ1) is 11.0. The lowest BCUT2D eigenvalue weighted by Crippen LogP contribution is -2.27. The molecule has 0 saturated heterocycles. The Morgan fingerprint density at radius 1 is 1.29 bits per heavy atom. The van der Waals surface area contributed by atoms with Gasteiger partial charge in [0.25, 0.3) is 0 Å². The minimum atomic E-state index is -1.25. The van der Waals surface area contributed by atoms with Gasteiger partial charge < -0.3 is 10.8 Å². The zero-order valence-electron chi connectivity index (χ0n) is 7.30. The summed E-state index contributed by atoms with van der Waals surface area (Å²) in [6.07, 6.45) is -0.100. The summed E-state index contributed by atoms with van der Waals surface area (Å²) >= 11 is 0. The third-order valence-electron chi connectivity index (χ3n) is 1.78. The van der Waals surface area contributed by atoms with Crippen LogP contribution in [0, 0.1) is 17.5 Å². The number of halogens is 3. The smallest absolute Gasteiger partial charge is 0.162 e. The Labute approximate surface area is 79.2 Å². The maximum atomic E-state index is 13.0. The molecule has 5 heteroatoms. The van der Waals surface area contributed by atoms with E-state index in [-0.39, 0.29) is 18.6 Å². The fourth-order valence-electron chi connectivity index (χ4n) is 1.10. The van der Waals surface area contributed by atoms with Crippen molar-refractivity contribution in [3.8, 4) is 0 Å². The van der Waals surface area contributed by atoms with Crippen LogP contribution in [-0.2, 0) is 6.42 Å². The van der Waals surface area contributed by atoms with E-state index in [1.165, 1.54) is 0 Å². The van der Waals surface area contributed by atoms with Crippen molar-refractivity contribution >= 4 is 0 Å². The first-order valence-corrected chi connectivity index (χ1v) is 4.04. The molecule has 0 heterocycles. The van der Waals surface area contributed by atoms with Crippen molar-refractivity contribution in [1.29, 1.82) is 0 Å². The molecule has 0 aliphatic carbocycles. The number of aliphatic hydroxyl groups excluding tert-OH is 1. The van der Waals surface area contributed by atoms with Gasteiger partial charge in [-0.05, 0) is 18.1 Å². The van der Waals surface area contributed by atoms with Crippen LogP contribution in [0.4, 0.5) is 13.2 Å². The van der Waals surface area contributed by atoms with Gasteiger partial charge in [0.15, 0.2) is 11.6 Å². The molecule has 0 bridgehead atoms. The van der Waals surface area contributed by atoms with Crippen LogP contribution in [-0.4, -0.2) is 17.8 Å². The standard InChI is InChI=1S/C9H10F3NO/c10-6-1-5(2-7(13)4-14)9(12)8(11)3-6/h1,3,7,14H,2,4,13H2. The van der Waals surface area contributed by atoms with Crippen molar-refractivity contribution in [2.75, 3.05) is 6.61 Å². The number of hydrogen-bond acceptors (Lipinski definition) is 2. The van der Waals surface area contributed by atoms with E-state index in [2.05, 4.69) is 0 Å². The Kier molecular flexibility index (Phi) is 3.49. The predicted molar refractivity (Wildman–Crippen MR) is 45.1 cm³/mol. The van der Waals surface area contributed by atoms with Gasteiger partial charge >= 0.3 is 0 Å². The number of aliphatic hydroxyl groups is 1. The summed E-state index contributed by atoms with van der Waals surface area (Å²) in [5.74, 6) is -3.22. The fourth-order valence-corrected chi connectivity index (χ4v) is 1.10. The summed E-state index contributed by atoms with van der Waals surface area (Å²) < 4.78 is 38.3. The molecule has 0 fully saturated rings. The van der Waals surface area contributed by atoms with E-state index in [0.717, 1.165) is 6.07 Å². The molecule has 1 atom stereocenters. The second kappa shape index (κ2) is 4.43. The SMILES string of the molecule is NC(CO)Cc1cc(F)cc(F)c1F. The largest absolute Gasteiger partial charge is 0.395 e. The quantitative estimate of drug-likeness (QED) is 0.722. The molecule has 3 N–H and O–H groups in total. The van der Waals surface area contributed by atoms with Crippen LogP contribution in [0.1, 0.15) is 5.56 Å². The molecule has 0 aromatic heterocycles. The van der Waals surface area contributed by atoms with Gasteiger partial charge in [-0.2, -0.15) is 0 Å². The van der Waals surface area contributed by atoms with Crippen molar-refractivity contribution in [3.05, 3.63) is 35.1 Å². The monoisotopic (exact) mass is 205 g/mol. The zero-order chi connectivity index (χ0) is 10.7. The lowest BCUT2D eigenvalue weighted by Gasteiger charge is -2.09. The number of hydrogen-bond donors (Lipinski definition) is 2. The molecule has 14 heavy (non-hydrogen) atoms. The van der Waals surface area contributed by atoms with E-state index < -0.39 is 23.5 Å². The number of rotatable bonds is 3. The van der Waals surface area contributed by atoms with Crippen LogP contribution < -0.4 is 5.73 Å². The number of benzene rings is 1. The Morgan fingerprint density at radius 2 is 1.93 bits per heavy atom. The zero-order valence-corrected chi connectivity index (χ0v) is 7.30. The van der Waals surface area contributed by atoms with E-state index in [9.17, 15) is 13.2 Å². The van der Waals surface area contributed by atoms with Crippen molar-refractivity contribution in [1.82, 2.24) is 0 Å². The van der Waals surface area contributed by atoms with Gasteiger partial charge in [-0.15, -0.1) is 0 Å². The topological polar surface area (TPSA) is 46.2 Å². The van der Waals surface area contributed by atoms with Crippen molar-refractivity contribution in [2.45, 2.75) is 12.5 Å². The molecule has 0 aliphatic rings. The van der Waals surface area contributed by atoms with Crippen LogP contribution in [0.3, 0.4) is 0 Å². The van der Waals surface area contributed by atoms with E-state index in [1.54, 1.807) is 0 Å². The molecule has 1 rings (SSSR count). The Bertz CT molecular complexity index is 330. The summed E-state index contributed by atoms with van der Waals surface area (Å²) in [6.45, 7) is -0.364. The van der Waals surface area contributed by atoms with Crippen molar-refractivity contribution in [3.63, 3.8) is 0 Å². The van der Waals surface area contributed by atoms with Crippen LogP contribution in [0.25, 0.3) is 0 Å². The Hall–Kier alpha value is -1.07. The van der Waals surface area contributed by atoms with Crippen molar-refractivity contribution < 1.29 is 18.3 Å². The molecule has 2 nitrogen and oxygen atoms in total. The van der Waals surface area contributed by atoms with Gasteiger partial charge in [-0.3, -0.25) is 0 Å². The fraction of sp³-hybridized carbons (Fsp3) is 0.333. The van der Waals surface area contributed by atoms with Crippen LogP contribution in [0.5, 0.6) is 0 Å². The molecule has 0 amide bonds. The highest BCUT2D eigenvalue weighted by Crippen LogP contribution is 2.15. The molecule has 1 aromatic carbocycles. The van der Waals surface area contributed by atoms with Crippen LogP contribution in [0.15, 0.2) is 12.1 Å². The lowest BCUT2D eigenvalue weighted by atomic mass is 10.1. The molecular formula is C9H10F3NO. The van der Waals surface area contributed by atoms with Crippen molar-refractivity contribution in [2.24, 2.45) is 5.73 Å². The minimum absolute atomic E-state index is 0.100. The normalized spacial score (nSPS) is 12.9. The molecule has 0 saturated carbocycles. The lowest BCUT2D eigenvalue weighted by molar-refractivity contribution is 0.264. The van der Waals surface area contributed by atoms with Gasteiger partial charge in [0.1, 0.15) is 5.82 Å². The van der Waals surface area contributed by atoms with E-state index in [1.807, 2.05) is 0 Å². The first-order chi connectivity index (χ1) is 6.54. The Balaban J connectivity index is 2.96. The summed E-state index contributed by atoms with van der Waals surface area (Å²) in [7, 11) is 0. The second-order valence-corrected chi connectivity index (χ2v) is 3.01. The second-order valence-electron chi connectivity index (χ2n) is 3.01. The van der Waals surface area contributed by atoms with Crippen LogP contribution >= 0.6 is 0 Å². The van der Waals surface area contributed by atoms with Crippen LogP contribution in [0.2, 0.25) is 0 Å². The molecule has 78 valence electrons. The molecule has 0 radical (unpaired) electrons. The first-order valence-electron chi connectivity index (χ1n) is 4.04. The van der Waals surface area contributed by atoms with E-state index >= 15 is 0 Å². The molecule has 0 spiro atoms. The maximum Gasteiger partial charge on any atom is 0.162 e. The highest BCUT2D eigenvalue weighted by atomic mass is 19.2. The predicted octanol–water partition coefficient (Wildman–Crippen LogP) is 0.966. The van der Waals surface area contributed by atoms with Gasteiger partial charge in [-0.25, -0.2) is 13.2 Å². The summed E-state index contributed by atoms with van der Waals surface area (Å²) in [6, 6.07) is 0.614. The van der Waals surface area contributed by atoms with Gasteiger partial charge in [0.05, 0.1) is 6.61 Å². The van der Waals surface area contributed by atoms with Gasteiger partial charge in [0.2, 0.25) is 0 Å². The molecule has 1 unspecified atom stereocenters. The third-order valence-corrected chi connectivity index (χ3v) is 1.78. The van der Waals surface area contributed by atoms with Gasteiger partial charge in [-0.1, -0.05) is 0 Å². The molecular weight excluding hydrogens is 195 g/mol. The third kappa shape index (κ3) is 2.46. The highest BCUT2D eigenvalue weighted by molar-refractivity contribution is 5.21. The summed E-state index contributed by atoms with van der Waals surface area (Å²) in [5.41, 5.74) is 5.15. The molecule has 1 aromatic rings. The van der Waals surface area contributed by atoms with Gasteiger partial charge in [0, 0.05) is 12.1 Å². The highest BCUT2D eigenvalue weighted by Gasteiger charge is 2.13. The number of nitrogens with two attached hydrogens (primary N) is 1. The maximum absolute atomic E-state index is 13.0. The summed E-state index contributed by atoms with van der Waals surface area (Å²) in [4.78, 5) is 0.